The zero-order valence-electron chi connectivity index (χ0n) is 22.9. The first-order valence-corrected chi connectivity index (χ1v) is 12.2. The normalized spacial score (nSPS) is 28.9. The number of rotatable bonds is 5. The second kappa shape index (κ2) is 11.6. The summed E-state index contributed by atoms with van der Waals surface area (Å²) in [7, 11) is 6.28. The number of phenols is 1. The monoisotopic (exact) mass is 616 g/mol. The largest absolute Gasteiger partial charge is 0.510 e. The number of hydrogen-bond acceptors (Lipinski definition) is 11. The van der Waals surface area contributed by atoms with Crippen molar-refractivity contribution in [1.82, 2.24) is 9.80 Å². The summed E-state index contributed by atoms with van der Waals surface area (Å²) in [6.45, 7) is 1.62. The first-order valence-electron chi connectivity index (χ1n) is 12.2. The number of nitrogens with one attached hydrogen (secondary N) is 1. The SMILES string of the molecule is CC1c2ccc(NC(=O)CN(C)C)c(O)c2C(=O)C2=C(O)[C@]3(O)C(=O)C(C(N)=O)=C(O)[C@@H](N(C)C)C3C(O)C21.Cl.Cl. The van der Waals surface area contributed by atoms with Crippen LogP contribution in [0.5, 0.6) is 5.75 Å². The number of aliphatic hydroxyl groups excluding tert-OH is 3. The van der Waals surface area contributed by atoms with Crippen LogP contribution in [0.1, 0.15) is 28.8 Å². The number of Topliss-reactive ketones (excluding diaryl/α,β-unsaturated/α-hetero) is 2. The molecule has 1 aromatic carbocycles. The summed E-state index contributed by atoms with van der Waals surface area (Å²) < 4.78 is 0. The van der Waals surface area contributed by atoms with Gasteiger partial charge in [0.05, 0.1) is 35.9 Å². The minimum atomic E-state index is -2.99. The molecule has 0 aliphatic heterocycles. The fraction of sp³-hybridized carbons (Fsp3) is 0.462. The highest BCUT2D eigenvalue weighted by Gasteiger charge is 2.67. The number of likely N-dealkylation sites (N-methyl/N-ethyl adjacent to an activating group) is 2. The molecule has 0 fully saturated rings. The number of carbonyl (C=O) groups excluding carboxylic acids is 4. The lowest BCUT2D eigenvalue weighted by Crippen LogP contribution is -2.68. The smallest absolute Gasteiger partial charge is 0.255 e. The number of ketones is 2. The number of fused-ring (bicyclic) bond motifs is 3. The van der Waals surface area contributed by atoms with Crippen molar-refractivity contribution in [3.63, 3.8) is 0 Å². The van der Waals surface area contributed by atoms with E-state index in [1.807, 2.05) is 0 Å². The number of primary amides is 1. The average molecular weight is 617 g/mol. The lowest BCUT2D eigenvalue weighted by atomic mass is 9.55. The predicted molar refractivity (Wildman–Crippen MR) is 151 cm³/mol. The molecule has 0 aromatic heterocycles. The Balaban J connectivity index is 0.00000294. The van der Waals surface area contributed by atoms with Gasteiger partial charge < -0.3 is 41.5 Å². The van der Waals surface area contributed by atoms with Crippen molar-refractivity contribution >= 4 is 53.9 Å². The molecular weight excluding hydrogens is 583 g/mol. The molecule has 0 saturated heterocycles. The number of aliphatic hydroxyl groups is 4. The summed E-state index contributed by atoms with van der Waals surface area (Å²) in [4.78, 5) is 54.5. The number of anilines is 1. The summed E-state index contributed by atoms with van der Waals surface area (Å²) in [6, 6.07) is 1.58. The van der Waals surface area contributed by atoms with Crippen LogP contribution >= 0.6 is 24.8 Å². The Morgan fingerprint density at radius 1 is 1.07 bits per heavy atom. The Morgan fingerprint density at radius 2 is 1.66 bits per heavy atom. The van der Waals surface area contributed by atoms with Crippen LogP contribution in [-0.2, 0) is 14.4 Å². The van der Waals surface area contributed by atoms with Crippen molar-refractivity contribution in [1.29, 1.82) is 0 Å². The summed E-state index contributed by atoms with van der Waals surface area (Å²) in [5.74, 6) is -10.2. The van der Waals surface area contributed by atoms with Crippen molar-refractivity contribution in [2.75, 3.05) is 40.1 Å². The summed E-state index contributed by atoms with van der Waals surface area (Å²) in [5, 5.41) is 59.0. The standard InChI is InChI=1S/C26H32N4O9.2ClH/c1-9-10-6-7-11(28-12(31)8-29(2)3)19(32)14(10)20(33)15-13(9)21(34)17-18(30(4)5)22(35)16(25(27)38)24(37)26(17,39)23(15)36;;/h6-7,9,13,17-18,21,32,34-36,39H,8H2,1-5H3,(H2,27,38)(H,28,31);2*1H/t9?,13?,17?,18-,21?,26-;;/m0../s1. The molecule has 13 nitrogen and oxygen atoms in total. The minimum absolute atomic E-state index is 0. The van der Waals surface area contributed by atoms with E-state index in [9.17, 15) is 44.7 Å². The number of amides is 2. The number of carbonyl (C=O) groups is 4. The molecule has 2 amide bonds. The Morgan fingerprint density at radius 3 is 2.17 bits per heavy atom. The molecule has 41 heavy (non-hydrogen) atoms. The molecule has 4 unspecified atom stereocenters. The van der Waals surface area contributed by atoms with Crippen molar-refractivity contribution in [3.05, 3.63) is 45.9 Å². The van der Waals surface area contributed by atoms with Gasteiger partial charge in [-0.3, -0.25) is 24.1 Å². The third-order valence-corrected chi connectivity index (χ3v) is 7.87. The van der Waals surface area contributed by atoms with Gasteiger partial charge in [0, 0.05) is 11.5 Å². The van der Waals surface area contributed by atoms with Gasteiger partial charge in [-0.1, -0.05) is 13.0 Å². The van der Waals surface area contributed by atoms with E-state index < -0.39 is 87.3 Å². The quantitative estimate of drug-likeness (QED) is 0.172. The average Bonchev–Trinajstić information content (AvgIpc) is 2.82. The van der Waals surface area contributed by atoms with Gasteiger partial charge in [0.15, 0.2) is 17.1 Å². The number of aromatic hydroxyl groups is 1. The van der Waals surface area contributed by atoms with Crippen LogP contribution < -0.4 is 11.1 Å². The molecule has 3 aliphatic rings. The number of phenolic OH excluding ortho intramolecular Hbond substituents is 1. The first kappa shape index (κ1) is 34.0. The van der Waals surface area contributed by atoms with Crippen LogP contribution in [0, 0.1) is 11.8 Å². The maximum absolute atomic E-state index is 13.8. The van der Waals surface area contributed by atoms with Crippen molar-refractivity contribution in [3.8, 4) is 5.75 Å². The highest BCUT2D eigenvalue weighted by molar-refractivity contribution is 6.25. The van der Waals surface area contributed by atoms with Gasteiger partial charge in [0.25, 0.3) is 5.91 Å². The molecule has 4 rings (SSSR count). The molecule has 3 aliphatic carbocycles. The zero-order chi connectivity index (χ0) is 29.3. The molecule has 0 saturated carbocycles. The second-order valence-electron chi connectivity index (χ2n) is 10.8. The minimum Gasteiger partial charge on any atom is -0.510 e. The Bertz CT molecular complexity index is 1380. The van der Waals surface area contributed by atoms with Gasteiger partial charge >= 0.3 is 0 Å². The predicted octanol–water partition coefficient (Wildman–Crippen LogP) is -0.00390. The van der Waals surface area contributed by atoms with E-state index in [0.29, 0.717) is 5.56 Å². The number of hydrogen-bond donors (Lipinski definition) is 7. The maximum Gasteiger partial charge on any atom is 0.255 e. The fourth-order valence-electron chi connectivity index (χ4n) is 6.20. The van der Waals surface area contributed by atoms with E-state index in [0.717, 1.165) is 0 Å². The molecule has 15 heteroatoms. The number of benzene rings is 1. The van der Waals surface area contributed by atoms with E-state index in [2.05, 4.69) is 5.32 Å². The number of nitrogens with zero attached hydrogens (tertiary/aromatic N) is 2. The number of nitrogens with two attached hydrogens (primary N) is 1. The van der Waals surface area contributed by atoms with E-state index in [-0.39, 0.29) is 42.6 Å². The first-order chi connectivity index (χ1) is 18.1. The van der Waals surface area contributed by atoms with Crippen LogP contribution in [0.3, 0.4) is 0 Å². The highest BCUT2D eigenvalue weighted by atomic mass is 35.5. The molecule has 0 radical (unpaired) electrons. The van der Waals surface area contributed by atoms with Gasteiger partial charge in [-0.2, -0.15) is 0 Å². The fourth-order valence-corrected chi connectivity index (χ4v) is 6.20. The van der Waals surface area contributed by atoms with Gasteiger partial charge in [-0.15, -0.1) is 24.8 Å². The third-order valence-electron chi connectivity index (χ3n) is 7.87. The van der Waals surface area contributed by atoms with E-state index in [4.69, 9.17) is 5.73 Å². The molecule has 0 bridgehead atoms. The molecule has 226 valence electrons. The van der Waals surface area contributed by atoms with Gasteiger partial charge in [-0.05, 0) is 45.7 Å². The van der Waals surface area contributed by atoms with Crippen LogP contribution in [-0.4, -0.2) is 111 Å². The summed E-state index contributed by atoms with van der Waals surface area (Å²) >= 11 is 0. The Labute approximate surface area is 248 Å². The van der Waals surface area contributed by atoms with Crippen molar-refractivity contribution < 1.29 is 44.7 Å². The third kappa shape index (κ3) is 4.86. The lowest BCUT2D eigenvalue weighted by molar-refractivity contribution is -0.162. The highest BCUT2D eigenvalue weighted by Crippen LogP contribution is 2.56. The van der Waals surface area contributed by atoms with Gasteiger partial charge in [-0.25, -0.2) is 0 Å². The second-order valence-corrected chi connectivity index (χ2v) is 10.8. The van der Waals surface area contributed by atoms with Crippen LogP contribution in [0.4, 0.5) is 5.69 Å². The van der Waals surface area contributed by atoms with Crippen LogP contribution in [0.2, 0.25) is 0 Å². The van der Waals surface area contributed by atoms with Gasteiger partial charge in [0.1, 0.15) is 17.1 Å². The van der Waals surface area contributed by atoms with E-state index in [1.54, 1.807) is 25.9 Å². The topological polar surface area (TPSA) is 214 Å². The maximum atomic E-state index is 13.8. The molecule has 0 heterocycles. The van der Waals surface area contributed by atoms with Crippen LogP contribution in [0.25, 0.3) is 0 Å². The Hall–Kier alpha value is -3.20. The van der Waals surface area contributed by atoms with E-state index in [1.165, 1.54) is 31.1 Å². The molecule has 8 N–H and O–H groups in total. The zero-order valence-corrected chi connectivity index (χ0v) is 24.5. The van der Waals surface area contributed by atoms with E-state index >= 15 is 0 Å². The molecule has 0 spiro atoms. The lowest BCUT2D eigenvalue weighted by Gasteiger charge is -2.53. The van der Waals surface area contributed by atoms with Crippen molar-refractivity contribution in [2.45, 2.75) is 30.6 Å². The van der Waals surface area contributed by atoms with Gasteiger partial charge in [0.2, 0.25) is 11.7 Å². The molecule has 1 aromatic rings. The molecular formula is C26H34Cl2N4O9. The van der Waals surface area contributed by atoms with Crippen molar-refractivity contribution in [2.24, 2.45) is 17.6 Å². The van der Waals surface area contributed by atoms with Crippen LogP contribution in [0.15, 0.2) is 34.8 Å². The Kier molecular flexibility index (Phi) is 9.61. The summed E-state index contributed by atoms with van der Waals surface area (Å²) in [6.07, 6.45) is -1.68. The number of halogens is 2. The molecule has 6 atom stereocenters. The summed E-state index contributed by atoms with van der Waals surface area (Å²) in [5.41, 5.74) is 0.792.